The minimum absolute atomic E-state index is 0. The molecule has 0 saturated carbocycles. The third kappa shape index (κ3) is 25.7. The number of aliphatic hydroxyl groups is 1. The molecule has 6 heteroatoms. The molecule has 100 valence electrons. The van der Waals surface area contributed by atoms with Crippen molar-refractivity contribution < 1.29 is 24.9 Å². The SMILES string of the molecule is CC(O)C(=O)[O-].CCCCCCCC(=O)[O-].[SnH2+2]. The zero-order valence-electron chi connectivity index (χ0n) is 10.6. The molecule has 0 radical (unpaired) electrons. The zero-order valence-corrected chi connectivity index (χ0v) is 14.6. The maximum atomic E-state index is 9.92. The number of aliphatic hydroxyl groups excluding tert-OH is 1. The average Bonchev–Trinajstić information content (AvgIpc) is 2.18. The second-order valence-corrected chi connectivity index (χ2v) is 3.53. The second-order valence-electron chi connectivity index (χ2n) is 3.53. The van der Waals surface area contributed by atoms with Crippen LogP contribution in [0.4, 0.5) is 0 Å². The van der Waals surface area contributed by atoms with E-state index >= 15 is 0 Å². The summed E-state index contributed by atoms with van der Waals surface area (Å²) in [6, 6.07) is 0. The van der Waals surface area contributed by atoms with Crippen molar-refractivity contribution in [3.8, 4) is 0 Å². The van der Waals surface area contributed by atoms with Gasteiger partial charge in [0, 0.05) is 5.97 Å². The van der Waals surface area contributed by atoms with Gasteiger partial charge in [-0.25, -0.2) is 0 Å². The molecule has 1 atom stereocenters. The molecule has 0 saturated heterocycles. The van der Waals surface area contributed by atoms with Gasteiger partial charge in [0.15, 0.2) is 0 Å². The molecule has 0 amide bonds. The number of aliphatic carboxylic acids is 2. The topological polar surface area (TPSA) is 100 Å². The molecule has 17 heavy (non-hydrogen) atoms. The summed E-state index contributed by atoms with van der Waals surface area (Å²) in [5.41, 5.74) is 0. The van der Waals surface area contributed by atoms with Crippen molar-refractivity contribution in [2.75, 3.05) is 0 Å². The fourth-order valence-electron chi connectivity index (χ4n) is 0.873. The van der Waals surface area contributed by atoms with Crippen LogP contribution in [0.25, 0.3) is 0 Å². The van der Waals surface area contributed by atoms with Crippen molar-refractivity contribution >= 4 is 35.8 Å². The molecule has 0 aromatic heterocycles. The van der Waals surface area contributed by atoms with Crippen molar-refractivity contribution in [3.05, 3.63) is 0 Å². The van der Waals surface area contributed by atoms with Crippen molar-refractivity contribution in [2.24, 2.45) is 0 Å². The Bertz CT molecular complexity index is 194. The first kappa shape index (κ1) is 21.9. The van der Waals surface area contributed by atoms with Gasteiger partial charge in [0.25, 0.3) is 0 Å². The molecule has 5 nitrogen and oxygen atoms in total. The third-order valence-corrected chi connectivity index (χ3v) is 1.83. The number of hydrogen-bond acceptors (Lipinski definition) is 5. The summed E-state index contributed by atoms with van der Waals surface area (Å²) in [5, 5.41) is 27.2. The summed E-state index contributed by atoms with van der Waals surface area (Å²) in [6.45, 7) is 3.27. The van der Waals surface area contributed by atoms with E-state index in [0.29, 0.717) is 0 Å². The predicted octanol–water partition coefficient (Wildman–Crippen LogP) is -1.70. The minimum atomic E-state index is -1.44. The Morgan fingerprint density at radius 1 is 1.12 bits per heavy atom. The molecule has 0 heterocycles. The fourth-order valence-corrected chi connectivity index (χ4v) is 0.873. The number of carbonyl (C=O) groups is 2. The van der Waals surface area contributed by atoms with Gasteiger partial charge in [-0.3, -0.25) is 0 Å². The molecule has 0 aliphatic heterocycles. The summed E-state index contributed by atoms with van der Waals surface area (Å²) in [6.07, 6.45) is 4.26. The van der Waals surface area contributed by atoms with Crippen LogP contribution in [0.15, 0.2) is 0 Å². The summed E-state index contributed by atoms with van der Waals surface area (Å²) in [7, 11) is 0. The first-order valence-corrected chi connectivity index (χ1v) is 5.50. The molecule has 0 aliphatic carbocycles. The van der Waals surface area contributed by atoms with E-state index in [-0.39, 0.29) is 30.3 Å². The number of carbonyl (C=O) groups excluding carboxylic acids is 2. The van der Waals surface area contributed by atoms with Crippen LogP contribution in [-0.4, -0.2) is 47.1 Å². The van der Waals surface area contributed by atoms with E-state index < -0.39 is 18.0 Å². The molecule has 0 bridgehead atoms. The van der Waals surface area contributed by atoms with Gasteiger partial charge in [-0.15, -0.1) is 0 Å². The van der Waals surface area contributed by atoms with Crippen LogP contribution < -0.4 is 10.2 Å². The van der Waals surface area contributed by atoms with Gasteiger partial charge in [-0.05, 0) is 19.8 Å². The predicted molar refractivity (Wildman–Crippen MR) is 63.6 cm³/mol. The van der Waals surface area contributed by atoms with Crippen molar-refractivity contribution in [1.82, 2.24) is 0 Å². The van der Waals surface area contributed by atoms with Crippen LogP contribution in [0.3, 0.4) is 0 Å². The monoisotopic (exact) mass is 354 g/mol. The van der Waals surface area contributed by atoms with Crippen LogP contribution in [0.5, 0.6) is 0 Å². The van der Waals surface area contributed by atoms with E-state index in [9.17, 15) is 19.8 Å². The summed E-state index contributed by atoms with van der Waals surface area (Å²) in [4.78, 5) is 19.3. The van der Waals surface area contributed by atoms with Gasteiger partial charge in [0.2, 0.25) is 0 Å². The Kier molecular flexibility index (Phi) is 20.3. The van der Waals surface area contributed by atoms with E-state index in [1.165, 1.54) is 12.8 Å². The molecule has 0 aromatic rings. The van der Waals surface area contributed by atoms with E-state index in [1.54, 1.807) is 0 Å². The van der Waals surface area contributed by atoms with Gasteiger partial charge in [0.1, 0.15) is 0 Å². The quantitative estimate of drug-likeness (QED) is 0.434. The summed E-state index contributed by atoms with van der Waals surface area (Å²) < 4.78 is 0. The van der Waals surface area contributed by atoms with Crippen LogP contribution in [0.2, 0.25) is 0 Å². The Morgan fingerprint density at radius 2 is 1.53 bits per heavy atom. The van der Waals surface area contributed by atoms with Gasteiger partial charge in [-0.1, -0.05) is 32.6 Å². The van der Waals surface area contributed by atoms with Gasteiger partial charge in [-0.2, -0.15) is 0 Å². The van der Waals surface area contributed by atoms with Crippen molar-refractivity contribution in [3.63, 3.8) is 0 Å². The molecule has 0 rings (SSSR count). The van der Waals surface area contributed by atoms with Crippen molar-refractivity contribution in [1.29, 1.82) is 0 Å². The number of rotatable bonds is 7. The normalized spacial score (nSPS) is 10.5. The Labute approximate surface area is 119 Å². The maximum absolute atomic E-state index is 9.92. The standard InChI is InChI=1S/C8H16O2.C3H6O3.Sn.2H/c1-2-3-4-5-6-7-8(9)10;1-2(4)3(5)6;;;/h2-7H2,1H3,(H,9,10);2,4H,1H3,(H,5,6);;;/q;;+2;;/p-2. The molecule has 0 fully saturated rings. The Balaban J connectivity index is -0.000000244. The van der Waals surface area contributed by atoms with Gasteiger partial charge >= 0.3 is 23.9 Å². The number of hydrogen-bond donors (Lipinski definition) is 1. The van der Waals surface area contributed by atoms with E-state index in [4.69, 9.17) is 5.11 Å². The van der Waals surface area contributed by atoms with Crippen LogP contribution in [0.1, 0.15) is 52.4 Å². The van der Waals surface area contributed by atoms with Gasteiger partial charge in [0.05, 0.1) is 12.1 Å². The average molecular weight is 353 g/mol. The molecule has 1 unspecified atom stereocenters. The van der Waals surface area contributed by atoms with Crippen LogP contribution >= 0.6 is 0 Å². The first-order chi connectivity index (χ1) is 7.41. The van der Waals surface area contributed by atoms with Crippen LogP contribution in [0, 0.1) is 0 Å². The number of carboxylic acids is 2. The first-order valence-electron chi connectivity index (χ1n) is 5.50. The van der Waals surface area contributed by atoms with E-state index in [0.717, 1.165) is 26.2 Å². The Morgan fingerprint density at radius 3 is 1.82 bits per heavy atom. The molecule has 1 N–H and O–H groups in total. The van der Waals surface area contributed by atoms with E-state index in [2.05, 4.69) is 6.92 Å². The summed E-state index contributed by atoms with van der Waals surface area (Å²) in [5.74, 6) is -2.36. The summed E-state index contributed by atoms with van der Waals surface area (Å²) >= 11 is 0. The van der Waals surface area contributed by atoms with Crippen LogP contribution in [-0.2, 0) is 9.59 Å². The molecular formula is C11H22O5Sn. The molecule has 0 aliphatic rings. The van der Waals surface area contributed by atoms with Gasteiger partial charge < -0.3 is 24.9 Å². The Hall–Kier alpha value is -0.301. The second kappa shape index (κ2) is 15.7. The van der Waals surface area contributed by atoms with E-state index in [1.807, 2.05) is 0 Å². The number of unbranched alkanes of at least 4 members (excludes halogenated alkanes) is 4. The molecule has 0 aromatic carbocycles. The number of carboxylic acid groups (broad SMARTS) is 2. The third-order valence-electron chi connectivity index (χ3n) is 1.83. The fraction of sp³-hybridized carbons (Fsp3) is 0.818. The molecule has 0 spiro atoms. The van der Waals surface area contributed by atoms with Crippen molar-refractivity contribution in [2.45, 2.75) is 58.5 Å². The molecular weight excluding hydrogens is 331 g/mol. The zero-order chi connectivity index (χ0) is 13.0.